The summed E-state index contributed by atoms with van der Waals surface area (Å²) in [7, 11) is 1.39. The number of aromatic hydroxyl groups is 1. The van der Waals surface area contributed by atoms with Gasteiger partial charge in [-0.2, -0.15) is 0 Å². The molecule has 0 unspecified atom stereocenters. The normalized spacial score (nSPS) is 9.93. The third kappa shape index (κ3) is 1.61. The first kappa shape index (κ1) is 10.7. The lowest BCUT2D eigenvalue weighted by molar-refractivity contribution is 0.0693. The number of carbonyl (C=O) groups is 1. The van der Waals surface area contributed by atoms with Crippen LogP contribution in [0.15, 0.2) is 6.07 Å². The van der Waals surface area contributed by atoms with E-state index in [1.807, 2.05) is 0 Å². The van der Waals surface area contributed by atoms with E-state index in [1.54, 1.807) is 6.92 Å². The molecule has 4 nitrogen and oxygen atoms in total. The molecular formula is C9H9ClO4. The van der Waals surface area contributed by atoms with Gasteiger partial charge < -0.3 is 14.9 Å². The minimum Gasteiger partial charge on any atom is -0.505 e. The number of carboxylic acid groups (broad SMARTS) is 1. The molecular weight excluding hydrogens is 208 g/mol. The van der Waals surface area contributed by atoms with Crippen molar-refractivity contribution in [3.63, 3.8) is 0 Å². The van der Waals surface area contributed by atoms with E-state index in [9.17, 15) is 9.90 Å². The van der Waals surface area contributed by atoms with E-state index >= 15 is 0 Å². The summed E-state index contributed by atoms with van der Waals surface area (Å²) in [5, 5.41) is 18.2. The van der Waals surface area contributed by atoms with Gasteiger partial charge in [0.05, 0.1) is 7.11 Å². The zero-order valence-electron chi connectivity index (χ0n) is 7.67. The van der Waals surface area contributed by atoms with E-state index in [-0.39, 0.29) is 16.3 Å². The molecule has 76 valence electrons. The molecule has 0 aromatic heterocycles. The number of phenols is 1. The van der Waals surface area contributed by atoms with Crippen LogP contribution < -0.4 is 4.74 Å². The first-order valence-electron chi connectivity index (χ1n) is 3.78. The SMILES string of the molecule is COc1cc(C)c(C(=O)O)c(O)c1Cl. The number of ether oxygens (including phenoxy) is 1. The first-order chi connectivity index (χ1) is 6.49. The number of hydrogen-bond donors (Lipinski definition) is 2. The van der Waals surface area contributed by atoms with Crippen molar-refractivity contribution in [3.05, 3.63) is 22.2 Å². The van der Waals surface area contributed by atoms with Crippen molar-refractivity contribution in [2.45, 2.75) is 6.92 Å². The van der Waals surface area contributed by atoms with Crippen molar-refractivity contribution >= 4 is 17.6 Å². The lowest BCUT2D eigenvalue weighted by Gasteiger charge is -2.09. The van der Waals surface area contributed by atoms with Gasteiger partial charge in [-0.05, 0) is 18.6 Å². The Balaban J connectivity index is 3.49. The van der Waals surface area contributed by atoms with Gasteiger partial charge >= 0.3 is 5.97 Å². The Morgan fingerprint density at radius 2 is 2.14 bits per heavy atom. The zero-order chi connectivity index (χ0) is 10.9. The highest BCUT2D eigenvalue weighted by Crippen LogP contribution is 2.38. The Hall–Kier alpha value is -1.42. The van der Waals surface area contributed by atoms with Gasteiger partial charge in [0.2, 0.25) is 0 Å². The van der Waals surface area contributed by atoms with E-state index in [0.29, 0.717) is 5.56 Å². The molecule has 1 aromatic rings. The highest BCUT2D eigenvalue weighted by Gasteiger charge is 2.19. The van der Waals surface area contributed by atoms with E-state index in [0.717, 1.165) is 0 Å². The molecule has 0 spiro atoms. The maximum absolute atomic E-state index is 10.7. The third-order valence-electron chi connectivity index (χ3n) is 1.84. The minimum atomic E-state index is -1.22. The predicted molar refractivity (Wildman–Crippen MR) is 51.4 cm³/mol. The van der Waals surface area contributed by atoms with Crippen LogP contribution >= 0.6 is 11.6 Å². The Morgan fingerprint density at radius 3 is 2.57 bits per heavy atom. The van der Waals surface area contributed by atoms with Crippen molar-refractivity contribution in [3.8, 4) is 11.5 Å². The summed E-state index contributed by atoms with van der Waals surface area (Å²) >= 11 is 5.68. The number of hydrogen-bond acceptors (Lipinski definition) is 3. The number of rotatable bonds is 2. The Labute approximate surface area is 85.7 Å². The monoisotopic (exact) mass is 216 g/mol. The first-order valence-corrected chi connectivity index (χ1v) is 4.16. The summed E-state index contributed by atoms with van der Waals surface area (Å²) in [6.07, 6.45) is 0. The van der Waals surface area contributed by atoms with Crippen LogP contribution in [0.1, 0.15) is 15.9 Å². The van der Waals surface area contributed by atoms with Crippen LogP contribution in [0.5, 0.6) is 11.5 Å². The number of benzene rings is 1. The van der Waals surface area contributed by atoms with Gasteiger partial charge in [0.25, 0.3) is 0 Å². The van der Waals surface area contributed by atoms with Gasteiger partial charge in [0, 0.05) is 0 Å². The summed E-state index contributed by atoms with van der Waals surface area (Å²) in [6.45, 7) is 1.56. The van der Waals surface area contributed by atoms with Crippen molar-refractivity contribution < 1.29 is 19.7 Å². The van der Waals surface area contributed by atoms with Crippen LogP contribution in [0.2, 0.25) is 5.02 Å². The summed E-state index contributed by atoms with van der Waals surface area (Å²) < 4.78 is 4.86. The number of halogens is 1. The fraction of sp³-hybridized carbons (Fsp3) is 0.222. The van der Waals surface area contributed by atoms with E-state index in [1.165, 1.54) is 13.2 Å². The molecule has 1 rings (SSSR count). The fourth-order valence-corrected chi connectivity index (χ4v) is 1.39. The molecule has 0 amide bonds. The quantitative estimate of drug-likeness (QED) is 0.794. The Kier molecular flexibility index (Phi) is 2.86. The molecule has 0 bridgehead atoms. The second-order valence-corrected chi connectivity index (χ2v) is 3.12. The number of carboxylic acids is 1. The molecule has 0 aliphatic heterocycles. The molecule has 0 saturated carbocycles. The minimum absolute atomic E-state index is 0.0875. The number of methoxy groups -OCH3 is 1. The Bertz CT molecular complexity index is 387. The average molecular weight is 217 g/mol. The summed E-state index contributed by atoms with van der Waals surface area (Å²) in [6, 6.07) is 1.46. The molecule has 0 radical (unpaired) electrons. The highest BCUT2D eigenvalue weighted by molar-refractivity contribution is 6.34. The lowest BCUT2D eigenvalue weighted by Crippen LogP contribution is -2.01. The largest absolute Gasteiger partial charge is 0.505 e. The van der Waals surface area contributed by atoms with E-state index < -0.39 is 11.7 Å². The van der Waals surface area contributed by atoms with Gasteiger partial charge in [-0.3, -0.25) is 0 Å². The van der Waals surface area contributed by atoms with Crippen molar-refractivity contribution in [1.82, 2.24) is 0 Å². The number of aromatic carboxylic acids is 1. The van der Waals surface area contributed by atoms with E-state index in [2.05, 4.69) is 0 Å². The summed E-state index contributed by atoms with van der Waals surface area (Å²) in [5.41, 5.74) is 0.201. The van der Waals surface area contributed by atoms with Gasteiger partial charge in [-0.15, -0.1) is 0 Å². The van der Waals surface area contributed by atoms with Crippen LogP contribution in [-0.4, -0.2) is 23.3 Å². The van der Waals surface area contributed by atoms with Gasteiger partial charge in [-0.1, -0.05) is 11.6 Å². The predicted octanol–water partition coefficient (Wildman–Crippen LogP) is 2.06. The molecule has 0 heterocycles. The highest BCUT2D eigenvalue weighted by atomic mass is 35.5. The molecule has 0 aliphatic carbocycles. The molecule has 0 atom stereocenters. The maximum Gasteiger partial charge on any atom is 0.339 e. The molecule has 5 heteroatoms. The summed E-state index contributed by atoms with van der Waals surface area (Å²) in [4.78, 5) is 10.7. The molecule has 1 aromatic carbocycles. The van der Waals surface area contributed by atoms with Gasteiger partial charge in [0.15, 0.2) is 5.75 Å². The molecule has 2 N–H and O–H groups in total. The van der Waals surface area contributed by atoms with Crippen LogP contribution in [-0.2, 0) is 0 Å². The number of aryl methyl sites for hydroxylation is 1. The molecule has 0 fully saturated rings. The smallest absolute Gasteiger partial charge is 0.339 e. The van der Waals surface area contributed by atoms with E-state index in [4.69, 9.17) is 21.4 Å². The van der Waals surface area contributed by atoms with Gasteiger partial charge in [0.1, 0.15) is 16.3 Å². The third-order valence-corrected chi connectivity index (χ3v) is 2.20. The second-order valence-electron chi connectivity index (χ2n) is 2.74. The standard InChI is InChI=1S/C9H9ClO4/c1-4-3-5(14-2)7(10)8(11)6(4)9(12)13/h3,11H,1-2H3,(H,12,13). The van der Waals surface area contributed by atoms with Crippen LogP contribution in [0.25, 0.3) is 0 Å². The molecule has 14 heavy (non-hydrogen) atoms. The maximum atomic E-state index is 10.7. The van der Waals surface area contributed by atoms with Crippen molar-refractivity contribution in [1.29, 1.82) is 0 Å². The molecule has 0 saturated heterocycles. The fourth-order valence-electron chi connectivity index (χ4n) is 1.16. The average Bonchev–Trinajstić information content (AvgIpc) is 2.10. The van der Waals surface area contributed by atoms with Crippen molar-refractivity contribution in [2.24, 2.45) is 0 Å². The second kappa shape index (κ2) is 3.75. The lowest BCUT2D eigenvalue weighted by atomic mass is 10.1. The Morgan fingerprint density at radius 1 is 1.57 bits per heavy atom. The van der Waals surface area contributed by atoms with Crippen molar-refractivity contribution in [2.75, 3.05) is 7.11 Å². The van der Waals surface area contributed by atoms with Crippen LogP contribution in [0.3, 0.4) is 0 Å². The topological polar surface area (TPSA) is 66.8 Å². The summed E-state index contributed by atoms with van der Waals surface area (Å²) in [5.74, 6) is -1.42. The zero-order valence-corrected chi connectivity index (χ0v) is 8.42. The van der Waals surface area contributed by atoms with Gasteiger partial charge in [-0.25, -0.2) is 4.79 Å². The van der Waals surface area contributed by atoms with Crippen LogP contribution in [0, 0.1) is 6.92 Å². The molecule has 0 aliphatic rings. The van der Waals surface area contributed by atoms with Crippen LogP contribution in [0.4, 0.5) is 0 Å².